The van der Waals surface area contributed by atoms with Crippen LogP contribution >= 0.6 is 0 Å². The first-order chi connectivity index (χ1) is 5.36. The lowest BCUT2D eigenvalue weighted by Gasteiger charge is -2.13. The summed E-state index contributed by atoms with van der Waals surface area (Å²) in [6, 6.07) is 0.485. The Labute approximate surface area is 67.1 Å². The van der Waals surface area contributed by atoms with Gasteiger partial charge in [0.15, 0.2) is 0 Å². The molecule has 0 unspecified atom stereocenters. The summed E-state index contributed by atoms with van der Waals surface area (Å²) in [6.45, 7) is 5.90. The molecule has 1 saturated heterocycles. The second kappa shape index (κ2) is 4.34. The lowest BCUT2D eigenvalue weighted by Crippen LogP contribution is -2.29. The van der Waals surface area contributed by atoms with E-state index >= 15 is 0 Å². The number of rotatable bonds is 4. The summed E-state index contributed by atoms with van der Waals surface area (Å²) < 4.78 is 11.9. The molecular weight excluding hydrogens is 143 g/mol. The van der Waals surface area contributed by atoms with Gasteiger partial charge >= 0.3 is 0 Å². The third-order valence-corrected chi connectivity index (χ3v) is 2.03. The number of hydrogen-bond acceptors (Lipinski definition) is 2. The minimum atomic E-state index is -0.235. The summed E-state index contributed by atoms with van der Waals surface area (Å²) >= 11 is 0. The van der Waals surface area contributed by atoms with Crippen LogP contribution in [0.25, 0.3) is 0 Å². The molecule has 64 valence electrons. The Hall–Kier alpha value is -0.570. The molecule has 1 aliphatic heterocycles. The highest BCUT2D eigenvalue weighted by Gasteiger charge is 2.20. The number of nitrogens with zero attached hydrogens (tertiary/aromatic N) is 1. The fourth-order valence-electron chi connectivity index (χ4n) is 1.46. The average Bonchev–Trinajstić information content (AvgIpc) is 2.38. The Balaban J connectivity index is 2.17. The summed E-state index contributed by atoms with van der Waals surface area (Å²) in [7, 11) is 0. The van der Waals surface area contributed by atoms with E-state index in [0.717, 1.165) is 19.5 Å². The third-order valence-electron chi connectivity index (χ3n) is 2.03. The van der Waals surface area contributed by atoms with Gasteiger partial charge in [-0.15, -0.1) is 0 Å². The molecule has 0 aliphatic carbocycles. The van der Waals surface area contributed by atoms with Crippen molar-refractivity contribution in [3.8, 4) is 0 Å². The van der Waals surface area contributed by atoms with Crippen molar-refractivity contribution in [3.05, 3.63) is 12.8 Å². The quantitative estimate of drug-likeness (QED) is 0.650. The zero-order valence-electron chi connectivity index (χ0n) is 6.72. The van der Waals surface area contributed by atoms with Crippen molar-refractivity contribution in [2.24, 2.45) is 0 Å². The molecule has 1 aliphatic rings. The van der Waals surface area contributed by atoms with Gasteiger partial charge in [-0.1, -0.05) is 6.58 Å². The zero-order valence-corrected chi connectivity index (χ0v) is 6.72. The number of alkyl halides is 1. The fraction of sp³-hybridized carbons (Fsp3) is 0.750. The van der Waals surface area contributed by atoms with Gasteiger partial charge in [0, 0.05) is 25.7 Å². The average molecular weight is 158 g/mol. The molecule has 0 aromatic heterocycles. The monoisotopic (exact) mass is 158 g/mol. The van der Waals surface area contributed by atoms with E-state index in [1.807, 2.05) is 0 Å². The fourth-order valence-corrected chi connectivity index (χ4v) is 1.46. The zero-order chi connectivity index (χ0) is 8.10. The lowest BCUT2D eigenvalue weighted by atomic mass is 10.3. The Kier molecular flexibility index (Phi) is 3.36. The maximum atomic E-state index is 11.9. The van der Waals surface area contributed by atoms with Crippen molar-refractivity contribution < 1.29 is 4.39 Å². The first-order valence-electron chi connectivity index (χ1n) is 4.02. The second-order valence-corrected chi connectivity index (χ2v) is 2.85. The van der Waals surface area contributed by atoms with Crippen molar-refractivity contribution in [1.82, 2.24) is 10.2 Å². The molecule has 1 fully saturated rings. The van der Waals surface area contributed by atoms with E-state index in [2.05, 4.69) is 16.8 Å². The maximum absolute atomic E-state index is 11.9. The normalized spacial score (nSPS) is 25.4. The highest BCUT2D eigenvalue weighted by Crippen LogP contribution is 2.07. The van der Waals surface area contributed by atoms with Crippen molar-refractivity contribution in [3.63, 3.8) is 0 Å². The SMILES string of the molecule is C=CN[C@@H]1CCN(CCF)C1. The lowest BCUT2D eigenvalue weighted by molar-refractivity contribution is 0.292. The Bertz CT molecular complexity index is 127. The first kappa shape index (κ1) is 8.53. The van der Waals surface area contributed by atoms with Crippen molar-refractivity contribution >= 4 is 0 Å². The van der Waals surface area contributed by atoms with Crippen LogP contribution in [-0.4, -0.2) is 37.3 Å². The summed E-state index contributed by atoms with van der Waals surface area (Å²) in [5, 5.41) is 3.13. The highest BCUT2D eigenvalue weighted by atomic mass is 19.1. The van der Waals surface area contributed by atoms with Crippen LogP contribution in [0.15, 0.2) is 12.8 Å². The highest BCUT2D eigenvalue weighted by molar-refractivity contribution is 4.83. The molecule has 0 amide bonds. The van der Waals surface area contributed by atoms with Crippen molar-refractivity contribution in [1.29, 1.82) is 0 Å². The molecule has 0 aromatic rings. The van der Waals surface area contributed by atoms with E-state index in [9.17, 15) is 4.39 Å². The predicted octanol–water partition coefficient (Wildman–Crippen LogP) is 0.763. The molecule has 0 spiro atoms. The van der Waals surface area contributed by atoms with Crippen LogP contribution in [0.5, 0.6) is 0 Å². The molecule has 0 saturated carbocycles. The number of nitrogens with one attached hydrogen (secondary N) is 1. The van der Waals surface area contributed by atoms with Crippen LogP contribution in [0.3, 0.4) is 0 Å². The molecular formula is C8H15FN2. The van der Waals surface area contributed by atoms with Gasteiger partial charge in [-0.25, -0.2) is 4.39 Å². The number of likely N-dealkylation sites (tertiary alicyclic amines) is 1. The van der Waals surface area contributed by atoms with E-state index in [4.69, 9.17) is 0 Å². The minimum absolute atomic E-state index is 0.235. The molecule has 0 radical (unpaired) electrons. The Morgan fingerprint density at radius 1 is 1.73 bits per heavy atom. The Morgan fingerprint density at radius 3 is 3.18 bits per heavy atom. The molecule has 0 aromatic carbocycles. The molecule has 1 heterocycles. The summed E-state index contributed by atoms with van der Waals surface area (Å²) in [5.41, 5.74) is 0. The number of halogens is 1. The van der Waals surface area contributed by atoms with Crippen LogP contribution in [-0.2, 0) is 0 Å². The van der Waals surface area contributed by atoms with Crippen molar-refractivity contribution in [2.45, 2.75) is 12.5 Å². The van der Waals surface area contributed by atoms with Crippen LogP contribution < -0.4 is 5.32 Å². The van der Waals surface area contributed by atoms with Gasteiger partial charge in [0.1, 0.15) is 6.67 Å². The van der Waals surface area contributed by atoms with Gasteiger partial charge in [0.25, 0.3) is 0 Å². The smallest absolute Gasteiger partial charge is 0.102 e. The molecule has 0 bridgehead atoms. The largest absolute Gasteiger partial charge is 0.387 e. The topological polar surface area (TPSA) is 15.3 Å². The molecule has 1 rings (SSSR count). The van der Waals surface area contributed by atoms with Gasteiger partial charge in [0.2, 0.25) is 0 Å². The summed E-state index contributed by atoms with van der Waals surface area (Å²) in [4.78, 5) is 2.13. The first-order valence-corrected chi connectivity index (χ1v) is 4.02. The summed E-state index contributed by atoms with van der Waals surface area (Å²) in [6.07, 6.45) is 2.82. The second-order valence-electron chi connectivity index (χ2n) is 2.85. The minimum Gasteiger partial charge on any atom is -0.387 e. The van der Waals surface area contributed by atoms with Gasteiger partial charge in [0.05, 0.1) is 0 Å². The van der Waals surface area contributed by atoms with E-state index < -0.39 is 0 Å². The molecule has 11 heavy (non-hydrogen) atoms. The third kappa shape index (κ3) is 2.50. The standard InChI is InChI=1S/C8H15FN2/c1-2-10-8-3-5-11(7-8)6-4-9/h2,8,10H,1,3-7H2/t8-/m1/s1. The Morgan fingerprint density at radius 2 is 2.55 bits per heavy atom. The van der Waals surface area contributed by atoms with Gasteiger partial charge in [-0.2, -0.15) is 0 Å². The predicted molar refractivity (Wildman–Crippen MR) is 44.2 cm³/mol. The van der Waals surface area contributed by atoms with E-state index in [1.54, 1.807) is 6.20 Å². The maximum Gasteiger partial charge on any atom is 0.102 e. The van der Waals surface area contributed by atoms with E-state index in [-0.39, 0.29) is 6.67 Å². The van der Waals surface area contributed by atoms with Crippen molar-refractivity contribution in [2.75, 3.05) is 26.3 Å². The van der Waals surface area contributed by atoms with Crippen LogP contribution in [0.1, 0.15) is 6.42 Å². The van der Waals surface area contributed by atoms with Crippen LogP contribution in [0.2, 0.25) is 0 Å². The molecule has 1 N–H and O–H groups in total. The molecule has 1 atom stereocenters. The molecule has 2 nitrogen and oxygen atoms in total. The van der Waals surface area contributed by atoms with Gasteiger partial charge < -0.3 is 5.32 Å². The van der Waals surface area contributed by atoms with Gasteiger partial charge in [-0.05, 0) is 12.6 Å². The van der Waals surface area contributed by atoms with E-state index in [0.29, 0.717) is 12.6 Å². The summed E-state index contributed by atoms with van der Waals surface area (Å²) in [5.74, 6) is 0. The van der Waals surface area contributed by atoms with E-state index in [1.165, 1.54) is 0 Å². The molecule has 3 heteroatoms. The van der Waals surface area contributed by atoms with Crippen LogP contribution in [0, 0.1) is 0 Å². The number of hydrogen-bond donors (Lipinski definition) is 1. The van der Waals surface area contributed by atoms with Gasteiger partial charge in [-0.3, -0.25) is 4.90 Å². The van der Waals surface area contributed by atoms with Crippen LogP contribution in [0.4, 0.5) is 4.39 Å².